The van der Waals surface area contributed by atoms with Gasteiger partial charge in [0.25, 0.3) is 0 Å². The molecule has 294 valence electrons. The number of ether oxygens (including phenoxy) is 3. The van der Waals surface area contributed by atoms with Crippen LogP contribution in [-0.2, 0) is 83.8 Å². The number of phosphoric acid groups is 3. The Kier molecular flexibility index (Phi) is 17.5. The molecule has 1 fully saturated rings. The van der Waals surface area contributed by atoms with Gasteiger partial charge in [0.05, 0.1) is 17.8 Å². The Hall–Kier alpha value is -2.85. The zero-order valence-electron chi connectivity index (χ0n) is 27.7. The summed E-state index contributed by atoms with van der Waals surface area (Å²) in [5.74, 6) is -12.4. The number of hydrogen-bond acceptors (Lipinski definition) is 18. The molecule has 0 heterocycles. The molecule has 1 aliphatic carbocycles. The molecule has 0 saturated heterocycles. The van der Waals surface area contributed by atoms with Gasteiger partial charge in [0.1, 0.15) is 18.3 Å². The highest BCUT2D eigenvalue weighted by Crippen LogP contribution is 2.55. The molecule has 0 aromatic rings. The average Bonchev–Trinajstić information content (AvgIpc) is 2.98. The van der Waals surface area contributed by atoms with Gasteiger partial charge in [0, 0.05) is 0 Å². The van der Waals surface area contributed by atoms with Crippen molar-refractivity contribution in [2.24, 2.45) is 17.8 Å². The molecule has 27 heteroatoms. The summed E-state index contributed by atoms with van der Waals surface area (Å²) in [4.78, 5) is 104. The first-order valence-electron chi connectivity index (χ1n) is 14.4. The topological polar surface area (TPSA) is 358 Å². The fourth-order valence-electron chi connectivity index (χ4n) is 3.66. The molecule has 0 aromatic heterocycles. The Bertz CT molecular complexity index is 1350. The zero-order valence-corrected chi connectivity index (χ0v) is 30.4. The van der Waals surface area contributed by atoms with Gasteiger partial charge in [-0.25, -0.2) is 28.1 Å². The Labute approximate surface area is 289 Å². The maximum Gasteiger partial charge on any atom is 0.473 e. The standard InChI is InChI=1S/C24H39O24P3/c1-10(2)22(31)43-16-17(44-23(32)11(3)4)19(46-49(34,35)40-7-13(25)26)21(48-51(38,39)42-9-15(29)30)20(18(16)45-24(33)12(5)6)47-50(36,37)41-8-14(27)28/h10-12,16-21H,7-9H2,1-6H3,(H,25,26)(H,27,28)(H,29,30)(H,34,35)(H,36,37)(H,38,39)/t16-,17-,18+,19-,20-,21-/m0/s1. The normalized spacial score (nSPS) is 25.6. The van der Waals surface area contributed by atoms with E-state index in [0.29, 0.717) is 0 Å². The van der Waals surface area contributed by atoms with Crippen molar-refractivity contribution < 1.29 is 114 Å². The van der Waals surface area contributed by atoms with Gasteiger partial charge >= 0.3 is 59.3 Å². The summed E-state index contributed by atoms with van der Waals surface area (Å²) in [7, 11) is -17.5. The second-order valence-electron chi connectivity index (χ2n) is 11.3. The molecular formula is C24H39O24P3. The summed E-state index contributed by atoms with van der Waals surface area (Å²) in [5, 5.41) is 26.9. The quantitative estimate of drug-likeness (QED) is 0.0521. The van der Waals surface area contributed by atoms with Crippen LogP contribution in [0.4, 0.5) is 0 Å². The molecule has 0 spiro atoms. The van der Waals surface area contributed by atoms with Gasteiger partial charge in [0.2, 0.25) is 0 Å². The number of esters is 3. The highest BCUT2D eigenvalue weighted by atomic mass is 31.2. The van der Waals surface area contributed by atoms with Crippen molar-refractivity contribution in [1.29, 1.82) is 0 Å². The lowest BCUT2D eigenvalue weighted by Crippen LogP contribution is -2.68. The molecule has 6 N–H and O–H groups in total. The molecule has 0 bridgehead atoms. The third-order valence-corrected chi connectivity index (χ3v) is 8.83. The summed E-state index contributed by atoms with van der Waals surface area (Å²) in [6.07, 6.45) is -15.5. The van der Waals surface area contributed by atoms with Crippen molar-refractivity contribution in [3.63, 3.8) is 0 Å². The van der Waals surface area contributed by atoms with Crippen LogP contribution in [0.5, 0.6) is 0 Å². The summed E-state index contributed by atoms with van der Waals surface area (Å²) >= 11 is 0. The van der Waals surface area contributed by atoms with E-state index in [-0.39, 0.29) is 0 Å². The van der Waals surface area contributed by atoms with Crippen LogP contribution < -0.4 is 0 Å². The van der Waals surface area contributed by atoms with Crippen LogP contribution in [0.25, 0.3) is 0 Å². The second kappa shape index (κ2) is 19.3. The highest BCUT2D eigenvalue weighted by Gasteiger charge is 2.63. The van der Waals surface area contributed by atoms with Gasteiger partial charge in [-0.15, -0.1) is 0 Å². The Morgan fingerprint density at radius 2 is 0.647 bits per heavy atom. The summed E-state index contributed by atoms with van der Waals surface area (Å²) in [6.45, 7) is 2.99. The SMILES string of the molecule is CC(C)C(=O)O[C@@H]1[C@@H](OC(=O)C(C)C)[C@H](OP(=O)(O)OCC(=O)O)[C@@H](OP(=O)(O)OCC(=O)O)[C@@H](OP(=O)(O)OCC(=O)O)[C@H]1OC(=O)C(C)C. The Morgan fingerprint density at radius 3 is 0.843 bits per heavy atom. The van der Waals surface area contributed by atoms with Crippen molar-refractivity contribution in [1.82, 2.24) is 0 Å². The van der Waals surface area contributed by atoms with Gasteiger partial charge in [-0.3, -0.25) is 41.5 Å². The van der Waals surface area contributed by atoms with E-state index in [1.165, 1.54) is 41.5 Å². The molecule has 9 atom stereocenters. The van der Waals surface area contributed by atoms with Gasteiger partial charge in [-0.05, 0) is 0 Å². The molecule has 1 aliphatic rings. The van der Waals surface area contributed by atoms with Crippen LogP contribution in [0.2, 0.25) is 0 Å². The third-order valence-electron chi connectivity index (χ3n) is 5.93. The first-order chi connectivity index (χ1) is 23.2. The minimum atomic E-state index is -5.85. The Morgan fingerprint density at radius 1 is 0.451 bits per heavy atom. The summed E-state index contributed by atoms with van der Waals surface area (Å²) in [5.41, 5.74) is 0. The Balaban J connectivity index is 4.29. The molecule has 1 saturated carbocycles. The molecule has 0 radical (unpaired) electrons. The first-order valence-corrected chi connectivity index (χ1v) is 18.9. The van der Waals surface area contributed by atoms with Crippen LogP contribution in [0.15, 0.2) is 0 Å². The van der Waals surface area contributed by atoms with Crippen LogP contribution in [0.3, 0.4) is 0 Å². The van der Waals surface area contributed by atoms with Crippen LogP contribution in [0.1, 0.15) is 41.5 Å². The maximum atomic E-state index is 13.0. The number of aliphatic carboxylic acids is 3. The smallest absolute Gasteiger partial charge is 0.473 e. The number of carbonyl (C=O) groups excluding carboxylic acids is 3. The van der Waals surface area contributed by atoms with Crippen LogP contribution >= 0.6 is 23.5 Å². The van der Waals surface area contributed by atoms with E-state index >= 15 is 0 Å². The van der Waals surface area contributed by atoms with E-state index in [1.54, 1.807) is 0 Å². The number of carboxylic acid groups (broad SMARTS) is 3. The zero-order chi connectivity index (χ0) is 39.6. The van der Waals surface area contributed by atoms with E-state index in [2.05, 4.69) is 13.6 Å². The number of hydrogen-bond donors (Lipinski definition) is 6. The first kappa shape index (κ1) is 46.2. The highest BCUT2D eigenvalue weighted by molar-refractivity contribution is 7.48. The minimum absolute atomic E-state index is 1.05. The van der Waals surface area contributed by atoms with Crippen molar-refractivity contribution in [3.8, 4) is 0 Å². The number of phosphoric ester groups is 3. The lowest BCUT2D eigenvalue weighted by atomic mass is 9.84. The monoisotopic (exact) mass is 804 g/mol. The van der Waals surface area contributed by atoms with E-state index in [0.717, 1.165) is 0 Å². The molecule has 24 nitrogen and oxygen atoms in total. The van der Waals surface area contributed by atoms with Crippen LogP contribution in [0, 0.1) is 17.8 Å². The van der Waals surface area contributed by atoms with E-state index in [1.807, 2.05) is 0 Å². The number of rotatable bonds is 21. The van der Waals surface area contributed by atoms with Crippen molar-refractivity contribution in [3.05, 3.63) is 0 Å². The lowest BCUT2D eigenvalue weighted by Gasteiger charge is -2.48. The van der Waals surface area contributed by atoms with Crippen LogP contribution in [-0.4, -0.2) is 122 Å². The molecule has 0 amide bonds. The van der Waals surface area contributed by atoms with E-state index in [4.69, 9.17) is 43.1 Å². The molecular weight excluding hydrogens is 765 g/mol. The third kappa shape index (κ3) is 15.7. The van der Waals surface area contributed by atoms with Crippen molar-refractivity contribution in [2.45, 2.75) is 78.2 Å². The van der Waals surface area contributed by atoms with Crippen molar-refractivity contribution in [2.75, 3.05) is 19.8 Å². The second-order valence-corrected chi connectivity index (χ2v) is 15.5. The summed E-state index contributed by atoms with van der Waals surface area (Å²) in [6, 6.07) is 0. The number of carbonyl (C=O) groups is 6. The average molecular weight is 804 g/mol. The number of carboxylic acids is 3. The van der Waals surface area contributed by atoms with Gasteiger partial charge in [-0.2, -0.15) is 0 Å². The van der Waals surface area contributed by atoms with Crippen molar-refractivity contribution >= 4 is 59.3 Å². The molecule has 1 rings (SSSR count). The lowest BCUT2D eigenvalue weighted by molar-refractivity contribution is -0.244. The fraction of sp³-hybridized carbons (Fsp3) is 0.750. The largest absolute Gasteiger partial charge is 0.480 e. The minimum Gasteiger partial charge on any atom is -0.480 e. The van der Waals surface area contributed by atoms with Gasteiger partial charge in [-0.1, -0.05) is 41.5 Å². The summed E-state index contributed by atoms with van der Waals surface area (Å²) < 4.78 is 83.3. The van der Waals surface area contributed by atoms with Gasteiger partial charge < -0.3 is 44.2 Å². The van der Waals surface area contributed by atoms with Gasteiger partial charge in [0.15, 0.2) is 38.1 Å². The molecule has 0 aromatic carbocycles. The molecule has 51 heavy (non-hydrogen) atoms. The van der Waals surface area contributed by atoms with E-state index < -0.39 is 133 Å². The predicted molar refractivity (Wildman–Crippen MR) is 159 cm³/mol. The fourth-order valence-corrected chi connectivity index (χ4v) is 6.30. The van der Waals surface area contributed by atoms with E-state index in [9.17, 15) is 57.1 Å². The molecule has 0 aliphatic heterocycles. The molecule has 3 unspecified atom stereocenters. The maximum absolute atomic E-state index is 13.0. The predicted octanol–water partition coefficient (Wildman–Crippen LogP) is 0.464.